The van der Waals surface area contributed by atoms with Crippen LogP contribution in [0.4, 0.5) is 11.4 Å². The number of nitrogens with one attached hydrogen (secondary N) is 2. The zero-order valence-corrected chi connectivity index (χ0v) is 16.6. The molecule has 0 unspecified atom stereocenters. The molecule has 0 aliphatic heterocycles. The number of ether oxygens (including phenoxy) is 1. The smallest absolute Gasteiger partial charge is 0.273 e. The van der Waals surface area contributed by atoms with E-state index in [4.69, 9.17) is 8.85 Å². The van der Waals surface area contributed by atoms with Gasteiger partial charge in [-0.25, -0.2) is 4.98 Å². The summed E-state index contributed by atoms with van der Waals surface area (Å²) in [7, 11) is 3.28. The monoisotopic (exact) mass is 408 g/mol. The van der Waals surface area contributed by atoms with Gasteiger partial charge in [0, 0.05) is 18.1 Å². The van der Waals surface area contributed by atoms with Crippen molar-refractivity contribution in [2.45, 2.75) is 12.8 Å². The Morgan fingerprint density at radius 3 is 2.90 bits per heavy atom. The number of amides is 1. The van der Waals surface area contributed by atoms with Crippen molar-refractivity contribution in [1.82, 2.24) is 30.3 Å². The molecule has 2 aromatic heterocycles. The van der Waals surface area contributed by atoms with Gasteiger partial charge < -0.3 is 15.4 Å². The first-order valence-corrected chi connectivity index (χ1v) is 9.42. The Labute approximate surface area is 178 Å². The average molecular weight is 408 g/mol. The van der Waals surface area contributed by atoms with E-state index in [1.807, 2.05) is 23.5 Å². The summed E-state index contributed by atoms with van der Waals surface area (Å²) < 4.78 is 29.2. The Morgan fingerprint density at radius 1 is 1.33 bits per heavy atom. The van der Waals surface area contributed by atoms with Gasteiger partial charge in [0.05, 0.1) is 29.7 Å². The van der Waals surface area contributed by atoms with Gasteiger partial charge in [0.1, 0.15) is 6.33 Å². The number of carbonyl (C=O) groups excluding carboxylic acids is 1. The fourth-order valence-electron chi connectivity index (χ4n) is 2.97. The molecule has 0 spiro atoms. The Kier molecular flexibility index (Phi) is 4.46. The van der Waals surface area contributed by atoms with Crippen molar-refractivity contribution in [3.63, 3.8) is 0 Å². The topological polar surface area (TPSA) is 107 Å². The number of hydrogen-bond acceptors (Lipinski definition) is 7. The number of hydrogen-bond donors (Lipinski definition) is 2. The molecule has 1 saturated carbocycles. The van der Waals surface area contributed by atoms with Crippen LogP contribution in [0.5, 0.6) is 5.75 Å². The predicted molar refractivity (Wildman–Crippen MR) is 113 cm³/mol. The van der Waals surface area contributed by atoms with E-state index in [9.17, 15) is 4.79 Å². The highest BCUT2D eigenvalue weighted by Gasteiger charge is 2.20. The Balaban J connectivity index is 1.73. The van der Waals surface area contributed by atoms with Gasteiger partial charge in [-0.1, -0.05) is 12.1 Å². The second-order valence-electron chi connectivity index (χ2n) is 6.94. The number of rotatable bonds is 7. The largest absolute Gasteiger partial charge is 0.494 e. The van der Waals surface area contributed by atoms with Crippen molar-refractivity contribution in [3.8, 4) is 17.1 Å². The first-order valence-electron chi connectivity index (χ1n) is 10.9. The van der Waals surface area contributed by atoms with Crippen LogP contribution >= 0.6 is 0 Å². The molecular formula is C21H23N7O2. The maximum absolute atomic E-state index is 12.6. The van der Waals surface area contributed by atoms with Crippen molar-refractivity contribution >= 4 is 23.4 Å². The minimum absolute atomic E-state index is 0.155. The molecular weight excluding hydrogens is 382 g/mol. The van der Waals surface area contributed by atoms with Gasteiger partial charge in [0.2, 0.25) is 0 Å². The van der Waals surface area contributed by atoms with Crippen LogP contribution in [0.1, 0.15) is 33.1 Å². The molecule has 0 atom stereocenters. The van der Waals surface area contributed by atoms with Crippen LogP contribution in [0.3, 0.4) is 0 Å². The van der Waals surface area contributed by atoms with Crippen LogP contribution < -0.4 is 15.4 Å². The molecule has 4 rings (SSSR count). The fourth-order valence-corrected chi connectivity index (χ4v) is 2.97. The highest BCUT2D eigenvalue weighted by atomic mass is 16.5. The van der Waals surface area contributed by atoms with E-state index in [1.54, 1.807) is 36.3 Å². The predicted octanol–water partition coefficient (Wildman–Crippen LogP) is 2.81. The maximum Gasteiger partial charge on any atom is 0.273 e. The minimum atomic E-state index is -2.66. The van der Waals surface area contributed by atoms with Crippen molar-refractivity contribution in [3.05, 3.63) is 48.1 Å². The number of aryl methyl sites for hydroxylation is 1. The lowest BCUT2D eigenvalue weighted by molar-refractivity contribution is 0.0958. The number of allylic oxidation sites excluding steroid dienone is 1. The van der Waals surface area contributed by atoms with E-state index in [2.05, 4.69) is 25.6 Å². The van der Waals surface area contributed by atoms with E-state index in [1.165, 1.54) is 7.11 Å². The standard InChI is InChI=1S/C21H23N7O2/c1-22-21(29)18-17(11-14(25-26-18)10-9-13-7-8-13)24-16-6-4-5-15(19(16)30-3)20-23-12-28(2)27-20/h4-6,9-13H,7-8H2,1-3H3,(H,22,29)(H,24,25)/b10-9+/i1D3. The zero-order chi connectivity index (χ0) is 23.6. The van der Waals surface area contributed by atoms with E-state index < -0.39 is 12.9 Å². The first-order chi connectivity index (χ1) is 15.7. The third-order valence-corrected chi connectivity index (χ3v) is 4.63. The van der Waals surface area contributed by atoms with Crippen LogP contribution in [0.2, 0.25) is 0 Å². The van der Waals surface area contributed by atoms with Crippen LogP contribution in [0, 0.1) is 5.92 Å². The maximum atomic E-state index is 12.6. The third kappa shape index (κ3) is 4.14. The Hall–Kier alpha value is -3.75. The van der Waals surface area contributed by atoms with E-state index in [0.717, 1.165) is 12.8 Å². The lowest BCUT2D eigenvalue weighted by Crippen LogP contribution is -2.21. The average Bonchev–Trinajstić information content (AvgIpc) is 3.49. The molecule has 0 bridgehead atoms. The van der Waals surface area contributed by atoms with Crippen molar-refractivity contribution < 1.29 is 13.6 Å². The quantitative estimate of drug-likeness (QED) is 0.619. The lowest BCUT2D eigenvalue weighted by atomic mass is 10.1. The number of anilines is 2. The summed E-state index contributed by atoms with van der Waals surface area (Å²) in [5.74, 6) is 0.589. The minimum Gasteiger partial charge on any atom is -0.494 e. The third-order valence-electron chi connectivity index (χ3n) is 4.63. The van der Waals surface area contributed by atoms with E-state index in [0.29, 0.717) is 34.4 Å². The van der Waals surface area contributed by atoms with Gasteiger partial charge in [-0.3, -0.25) is 9.48 Å². The molecule has 3 aromatic rings. The van der Waals surface area contributed by atoms with Crippen LogP contribution in [-0.2, 0) is 7.05 Å². The number of nitrogens with zero attached hydrogens (tertiary/aromatic N) is 5. The van der Waals surface area contributed by atoms with Crippen molar-refractivity contribution in [2.75, 3.05) is 19.4 Å². The number of benzene rings is 1. The number of methoxy groups -OCH3 is 1. The summed E-state index contributed by atoms with van der Waals surface area (Å²) in [4.78, 5) is 16.9. The molecule has 2 heterocycles. The molecule has 0 radical (unpaired) electrons. The molecule has 9 nitrogen and oxygen atoms in total. The molecule has 0 saturated heterocycles. The Morgan fingerprint density at radius 2 is 2.20 bits per heavy atom. The normalized spacial score (nSPS) is 15.3. The number of carbonyl (C=O) groups is 1. The summed E-state index contributed by atoms with van der Waals surface area (Å²) in [5.41, 5.74) is 1.84. The van der Waals surface area contributed by atoms with E-state index >= 15 is 0 Å². The van der Waals surface area contributed by atoms with Crippen molar-refractivity contribution in [1.29, 1.82) is 0 Å². The van der Waals surface area contributed by atoms with Gasteiger partial charge >= 0.3 is 0 Å². The molecule has 30 heavy (non-hydrogen) atoms. The molecule has 9 heteroatoms. The highest BCUT2D eigenvalue weighted by molar-refractivity contribution is 5.98. The van der Waals surface area contributed by atoms with Gasteiger partial charge in [-0.15, -0.1) is 5.10 Å². The van der Waals surface area contributed by atoms with Crippen molar-refractivity contribution in [2.24, 2.45) is 13.0 Å². The van der Waals surface area contributed by atoms with Crippen LogP contribution in [-0.4, -0.2) is 45.0 Å². The SMILES string of the molecule is [2H]C([2H])([2H])NC(=O)c1nnc(/C=C/C2CC2)cc1Nc1cccc(-c2ncn(C)n2)c1OC. The summed E-state index contributed by atoms with van der Waals surface area (Å²) in [6.07, 6.45) is 7.74. The number of aromatic nitrogens is 5. The second-order valence-corrected chi connectivity index (χ2v) is 6.94. The van der Waals surface area contributed by atoms with E-state index in [-0.39, 0.29) is 11.4 Å². The molecule has 1 fully saturated rings. The summed E-state index contributed by atoms with van der Waals surface area (Å²) in [5, 5.41) is 17.5. The fraction of sp³-hybridized carbons (Fsp3) is 0.286. The van der Waals surface area contributed by atoms with Gasteiger partial charge in [0.25, 0.3) is 5.91 Å². The second kappa shape index (κ2) is 8.32. The summed E-state index contributed by atoms with van der Waals surface area (Å²) >= 11 is 0. The summed E-state index contributed by atoms with van der Waals surface area (Å²) in [6, 6.07) is 7.01. The molecule has 1 aromatic carbocycles. The Bertz CT molecular complexity index is 1200. The highest BCUT2D eigenvalue weighted by Crippen LogP contribution is 2.37. The molecule has 2 N–H and O–H groups in total. The zero-order valence-electron chi connectivity index (χ0n) is 19.6. The first kappa shape index (κ1) is 16.1. The number of para-hydroxylation sites is 1. The van der Waals surface area contributed by atoms with Crippen LogP contribution in [0.25, 0.3) is 17.5 Å². The molecule has 154 valence electrons. The molecule has 1 aliphatic rings. The molecule has 1 amide bonds. The lowest BCUT2D eigenvalue weighted by Gasteiger charge is -2.15. The summed E-state index contributed by atoms with van der Waals surface area (Å²) in [6.45, 7) is -2.66. The van der Waals surface area contributed by atoms with Gasteiger partial charge in [-0.05, 0) is 43.0 Å². The van der Waals surface area contributed by atoms with Gasteiger partial charge in [-0.2, -0.15) is 10.2 Å². The van der Waals surface area contributed by atoms with Gasteiger partial charge in [0.15, 0.2) is 17.3 Å². The molecule has 1 aliphatic carbocycles. The van der Waals surface area contributed by atoms with Crippen LogP contribution in [0.15, 0.2) is 36.7 Å².